The molecule has 0 aliphatic rings. The molecule has 0 aromatic heterocycles. The zero-order valence-corrected chi connectivity index (χ0v) is 13.4. The number of benzene rings is 1. The standard InChI is InChI=1S/C12H15BrClNOS/c1-8-9(5-6-10(13)11(8)14)7-15-17(16)12(2,3)4/h5-7H,1-4H3. The van der Waals surface area contributed by atoms with Crippen LogP contribution in [0.1, 0.15) is 31.9 Å². The summed E-state index contributed by atoms with van der Waals surface area (Å²) in [5.41, 5.74) is 1.81. The van der Waals surface area contributed by atoms with Gasteiger partial charge >= 0.3 is 0 Å². The normalized spacial score (nSPS) is 14.3. The molecule has 0 saturated heterocycles. The van der Waals surface area contributed by atoms with Crippen LogP contribution in [0.25, 0.3) is 0 Å². The minimum Gasteiger partial charge on any atom is -0.591 e. The second-order valence-electron chi connectivity index (χ2n) is 4.67. The Morgan fingerprint density at radius 3 is 2.53 bits per heavy atom. The molecule has 1 aromatic rings. The lowest BCUT2D eigenvalue weighted by Gasteiger charge is -2.17. The van der Waals surface area contributed by atoms with Gasteiger partial charge in [-0.15, -0.1) is 0 Å². The van der Waals surface area contributed by atoms with E-state index in [2.05, 4.69) is 20.3 Å². The second-order valence-corrected chi connectivity index (χ2v) is 7.84. The number of halogens is 2. The summed E-state index contributed by atoms with van der Waals surface area (Å²) in [6, 6.07) is 3.76. The Kier molecular flexibility index (Phi) is 5.07. The van der Waals surface area contributed by atoms with E-state index in [1.54, 1.807) is 6.21 Å². The third kappa shape index (κ3) is 3.98. The molecular weight excluding hydrogens is 322 g/mol. The Hall–Kier alpha value is -0.0300. The first-order chi connectivity index (χ1) is 7.73. The average Bonchev–Trinajstić information content (AvgIpc) is 2.23. The molecule has 1 rings (SSSR count). The lowest BCUT2D eigenvalue weighted by molar-refractivity contribution is 0.562. The molecule has 0 saturated carbocycles. The van der Waals surface area contributed by atoms with Gasteiger partial charge in [0.2, 0.25) is 0 Å². The van der Waals surface area contributed by atoms with E-state index in [0.29, 0.717) is 5.02 Å². The van der Waals surface area contributed by atoms with E-state index >= 15 is 0 Å². The van der Waals surface area contributed by atoms with Gasteiger partial charge in [-0.05, 0) is 55.3 Å². The fraction of sp³-hybridized carbons (Fsp3) is 0.417. The van der Waals surface area contributed by atoms with Gasteiger partial charge in [-0.3, -0.25) is 0 Å². The summed E-state index contributed by atoms with van der Waals surface area (Å²) in [5, 5.41) is 0.662. The van der Waals surface area contributed by atoms with Crippen molar-refractivity contribution in [3.8, 4) is 0 Å². The highest BCUT2D eigenvalue weighted by Gasteiger charge is 2.25. The van der Waals surface area contributed by atoms with E-state index in [-0.39, 0.29) is 4.75 Å². The fourth-order valence-corrected chi connectivity index (χ4v) is 2.20. The van der Waals surface area contributed by atoms with Crippen LogP contribution in [0.15, 0.2) is 21.0 Å². The highest BCUT2D eigenvalue weighted by atomic mass is 79.9. The van der Waals surface area contributed by atoms with Gasteiger partial charge in [0.1, 0.15) is 16.1 Å². The van der Waals surface area contributed by atoms with E-state index < -0.39 is 11.4 Å². The van der Waals surface area contributed by atoms with Gasteiger partial charge < -0.3 is 4.55 Å². The SMILES string of the molecule is Cc1c(C=N[S+]([O-])C(C)(C)C)ccc(Br)c1Cl. The summed E-state index contributed by atoms with van der Waals surface area (Å²) < 4.78 is 16.4. The summed E-state index contributed by atoms with van der Waals surface area (Å²) in [5.74, 6) is 0. The van der Waals surface area contributed by atoms with Crippen LogP contribution in [0.5, 0.6) is 0 Å². The second kappa shape index (κ2) is 5.74. The van der Waals surface area contributed by atoms with Crippen LogP contribution in [0.2, 0.25) is 5.02 Å². The van der Waals surface area contributed by atoms with Gasteiger partial charge in [-0.25, -0.2) is 0 Å². The molecule has 94 valence electrons. The van der Waals surface area contributed by atoms with Crippen LogP contribution in [-0.2, 0) is 11.4 Å². The van der Waals surface area contributed by atoms with Crippen molar-refractivity contribution in [2.24, 2.45) is 4.40 Å². The molecule has 0 amide bonds. The van der Waals surface area contributed by atoms with E-state index in [4.69, 9.17) is 11.6 Å². The smallest absolute Gasteiger partial charge is 0.144 e. The number of hydrogen-bond donors (Lipinski definition) is 0. The first-order valence-corrected chi connectivity index (χ1v) is 7.42. The molecule has 1 unspecified atom stereocenters. The van der Waals surface area contributed by atoms with Crippen molar-refractivity contribution in [2.45, 2.75) is 32.4 Å². The zero-order chi connectivity index (χ0) is 13.2. The van der Waals surface area contributed by atoms with Gasteiger partial charge in [-0.1, -0.05) is 22.1 Å². The summed E-state index contributed by atoms with van der Waals surface area (Å²) in [6.45, 7) is 7.58. The van der Waals surface area contributed by atoms with Gasteiger partial charge in [0.05, 0.1) is 11.2 Å². The maximum Gasteiger partial charge on any atom is 0.144 e. The molecule has 0 radical (unpaired) electrons. The molecule has 0 N–H and O–H groups in total. The summed E-state index contributed by atoms with van der Waals surface area (Å²) in [6.07, 6.45) is 1.62. The first-order valence-electron chi connectivity index (χ1n) is 5.14. The van der Waals surface area contributed by atoms with Crippen molar-refractivity contribution >= 4 is 45.1 Å². The van der Waals surface area contributed by atoms with Gasteiger partial charge in [-0.2, -0.15) is 0 Å². The zero-order valence-electron chi connectivity index (χ0n) is 10.3. The summed E-state index contributed by atoms with van der Waals surface area (Å²) >= 11 is 8.22. The minimum atomic E-state index is -1.24. The Balaban J connectivity index is 2.97. The van der Waals surface area contributed by atoms with Gasteiger partial charge in [0, 0.05) is 10.0 Å². The van der Waals surface area contributed by atoms with Crippen LogP contribution in [-0.4, -0.2) is 15.5 Å². The third-order valence-electron chi connectivity index (χ3n) is 2.19. The van der Waals surface area contributed by atoms with Crippen molar-refractivity contribution in [3.05, 3.63) is 32.8 Å². The maximum absolute atomic E-state index is 11.8. The van der Waals surface area contributed by atoms with Crippen LogP contribution in [0.3, 0.4) is 0 Å². The molecule has 5 heteroatoms. The lowest BCUT2D eigenvalue weighted by atomic mass is 10.1. The van der Waals surface area contributed by atoms with E-state index in [9.17, 15) is 4.55 Å². The van der Waals surface area contributed by atoms with Crippen molar-refractivity contribution in [1.29, 1.82) is 0 Å². The summed E-state index contributed by atoms with van der Waals surface area (Å²) in [4.78, 5) is 0. The molecule has 0 aliphatic heterocycles. The fourth-order valence-electron chi connectivity index (χ4n) is 1.07. The van der Waals surface area contributed by atoms with E-state index in [0.717, 1.165) is 15.6 Å². The Labute approximate surface area is 119 Å². The first kappa shape index (κ1) is 15.0. The molecule has 0 fully saturated rings. The predicted molar refractivity (Wildman–Crippen MR) is 79.4 cm³/mol. The third-order valence-corrected chi connectivity index (χ3v) is 4.91. The van der Waals surface area contributed by atoms with Crippen molar-refractivity contribution in [2.75, 3.05) is 0 Å². The highest BCUT2D eigenvalue weighted by Crippen LogP contribution is 2.27. The molecular formula is C12H15BrClNOS. The monoisotopic (exact) mass is 335 g/mol. The van der Waals surface area contributed by atoms with Gasteiger partial charge in [0.15, 0.2) is 0 Å². The molecule has 0 bridgehead atoms. The van der Waals surface area contributed by atoms with Crippen molar-refractivity contribution in [3.63, 3.8) is 0 Å². The Morgan fingerprint density at radius 2 is 2.00 bits per heavy atom. The predicted octanol–water partition coefficient (Wildman–Crippen LogP) is 4.29. The average molecular weight is 337 g/mol. The quantitative estimate of drug-likeness (QED) is 0.586. The number of hydrogen-bond acceptors (Lipinski definition) is 2. The molecule has 1 atom stereocenters. The topological polar surface area (TPSA) is 35.4 Å². The Morgan fingerprint density at radius 1 is 1.41 bits per heavy atom. The van der Waals surface area contributed by atoms with Crippen LogP contribution in [0.4, 0.5) is 0 Å². The van der Waals surface area contributed by atoms with Crippen molar-refractivity contribution < 1.29 is 4.55 Å². The minimum absolute atomic E-state index is 0.344. The van der Waals surface area contributed by atoms with Crippen LogP contribution in [0, 0.1) is 6.92 Å². The molecule has 2 nitrogen and oxygen atoms in total. The number of nitrogens with zero attached hydrogens (tertiary/aromatic N) is 1. The molecule has 0 heterocycles. The molecule has 0 spiro atoms. The van der Waals surface area contributed by atoms with Crippen LogP contribution < -0.4 is 0 Å². The molecule has 17 heavy (non-hydrogen) atoms. The summed E-state index contributed by atoms with van der Waals surface area (Å²) in [7, 11) is 0. The lowest BCUT2D eigenvalue weighted by Crippen LogP contribution is -2.25. The number of rotatable bonds is 2. The van der Waals surface area contributed by atoms with E-state index in [1.807, 2.05) is 39.8 Å². The van der Waals surface area contributed by atoms with Gasteiger partial charge in [0.25, 0.3) is 0 Å². The molecule has 0 aliphatic carbocycles. The van der Waals surface area contributed by atoms with Crippen LogP contribution >= 0.6 is 27.5 Å². The molecule has 1 aromatic carbocycles. The van der Waals surface area contributed by atoms with Crippen molar-refractivity contribution in [1.82, 2.24) is 0 Å². The largest absolute Gasteiger partial charge is 0.591 e. The highest BCUT2D eigenvalue weighted by molar-refractivity contribution is 9.10. The maximum atomic E-state index is 11.8. The van der Waals surface area contributed by atoms with E-state index in [1.165, 1.54) is 0 Å². The Bertz CT molecular complexity index is 443.